The van der Waals surface area contributed by atoms with Crippen LogP contribution >= 0.6 is 0 Å². The molecule has 0 nitrogen and oxygen atoms in total. The zero-order valence-corrected chi connectivity index (χ0v) is 16.9. The van der Waals surface area contributed by atoms with Gasteiger partial charge in [0.2, 0.25) is 0 Å². The summed E-state index contributed by atoms with van der Waals surface area (Å²) in [6, 6.07) is 32.3. The lowest BCUT2D eigenvalue weighted by molar-refractivity contribution is 0.690. The van der Waals surface area contributed by atoms with Gasteiger partial charge >= 0.3 is 0 Å². The molecule has 0 saturated carbocycles. The highest BCUT2D eigenvalue weighted by molar-refractivity contribution is 6.10. The molecule has 0 spiro atoms. The standard InChI is InChI=1S/C30H22/c1-2-7-21-12-24-15-27-17-28-18-30-22(10-9-19-5-3-4-8-29(19)30)13-25(28)16-26(27)14-23(24)11-20(21)6-1/h1-2,6-7,9-18H,3-5,8H2. The van der Waals surface area contributed by atoms with Gasteiger partial charge < -0.3 is 0 Å². The molecule has 0 N–H and O–H groups in total. The molecule has 0 aromatic heterocycles. The normalized spacial score (nSPS) is 14.1. The van der Waals surface area contributed by atoms with Gasteiger partial charge in [-0.1, -0.05) is 36.4 Å². The van der Waals surface area contributed by atoms with Gasteiger partial charge in [-0.15, -0.1) is 0 Å². The van der Waals surface area contributed by atoms with Crippen LogP contribution in [0.3, 0.4) is 0 Å². The molecule has 0 unspecified atom stereocenters. The summed E-state index contributed by atoms with van der Waals surface area (Å²) in [5.74, 6) is 0. The summed E-state index contributed by atoms with van der Waals surface area (Å²) in [6.45, 7) is 0. The lowest BCUT2D eigenvalue weighted by atomic mass is 9.86. The predicted octanol–water partition coefficient (Wildman–Crippen LogP) is 8.33. The van der Waals surface area contributed by atoms with Crippen LogP contribution in [0.1, 0.15) is 24.0 Å². The monoisotopic (exact) mass is 382 g/mol. The van der Waals surface area contributed by atoms with Crippen LogP contribution in [0, 0.1) is 0 Å². The summed E-state index contributed by atoms with van der Waals surface area (Å²) in [6.07, 6.45) is 5.12. The third-order valence-corrected chi connectivity index (χ3v) is 7.08. The number of rotatable bonds is 0. The van der Waals surface area contributed by atoms with E-state index < -0.39 is 0 Å². The molecule has 30 heavy (non-hydrogen) atoms. The van der Waals surface area contributed by atoms with Gasteiger partial charge in [-0.05, 0) is 139 Å². The van der Waals surface area contributed by atoms with Crippen molar-refractivity contribution in [2.75, 3.05) is 0 Å². The first kappa shape index (κ1) is 16.4. The first-order valence-electron chi connectivity index (χ1n) is 11.1. The second-order valence-corrected chi connectivity index (χ2v) is 8.93. The number of fused-ring (bicyclic) bond motifs is 7. The quantitative estimate of drug-likeness (QED) is 0.232. The van der Waals surface area contributed by atoms with Crippen molar-refractivity contribution in [3.8, 4) is 0 Å². The van der Waals surface area contributed by atoms with Crippen molar-refractivity contribution in [2.24, 2.45) is 0 Å². The average molecular weight is 383 g/mol. The summed E-state index contributed by atoms with van der Waals surface area (Å²) >= 11 is 0. The first-order chi connectivity index (χ1) is 14.8. The molecule has 0 atom stereocenters. The van der Waals surface area contributed by atoms with E-state index >= 15 is 0 Å². The fourth-order valence-corrected chi connectivity index (χ4v) is 5.52. The molecule has 0 saturated heterocycles. The molecule has 0 bridgehead atoms. The Hall–Kier alpha value is -3.38. The SMILES string of the molecule is c1ccc2cc3cc4cc5cc6c7c(ccc6cc5cc4cc3cc2c1)CCCC7. The van der Waals surface area contributed by atoms with Crippen molar-refractivity contribution >= 4 is 53.9 Å². The molecule has 1 aliphatic carbocycles. The molecule has 7 rings (SSSR count). The molecular weight excluding hydrogens is 360 g/mol. The van der Waals surface area contributed by atoms with E-state index in [1.54, 1.807) is 11.1 Å². The Balaban J connectivity index is 1.53. The molecule has 0 aliphatic heterocycles. The highest BCUT2D eigenvalue weighted by Gasteiger charge is 2.13. The predicted molar refractivity (Wildman–Crippen MR) is 131 cm³/mol. The minimum atomic E-state index is 1.23. The topological polar surface area (TPSA) is 0 Å². The van der Waals surface area contributed by atoms with Crippen LogP contribution in [0.5, 0.6) is 0 Å². The van der Waals surface area contributed by atoms with E-state index in [9.17, 15) is 0 Å². The Morgan fingerprint density at radius 3 is 1.53 bits per heavy atom. The lowest BCUT2D eigenvalue weighted by Gasteiger charge is -2.18. The summed E-state index contributed by atoms with van der Waals surface area (Å²) in [5, 5.41) is 13.4. The summed E-state index contributed by atoms with van der Waals surface area (Å²) in [5.41, 5.74) is 3.15. The maximum Gasteiger partial charge on any atom is -0.0143 e. The molecular formula is C30H22. The highest BCUT2D eigenvalue weighted by atomic mass is 14.2. The molecule has 1 aliphatic rings. The fourth-order valence-electron chi connectivity index (χ4n) is 5.52. The van der Waals surface area contributed by atoms with Crippen LogP contribution in [0.15, 0.2) is 84.9 Å². The van der Waals surface area contributed by atoms with Gasteiger partial charge in [0, 0.05) is 0 Å². The van der Waals surface area contributed by atoms with E-state index in [-0.39, 0.29) is 0 Å². The summed E-state index contributed by atoms with van der Waals surface area (Å²) in [7, 11) is 0. The van der Waals surface area contributed by atoms with E-state index in [1.807, 2.05) is 0 Å². The Bertz CT molecular complexity index is 1640. The van der Waals surface area contributed by atoms with Gasteiger partial charge in [0.15, 0.2) is 0 Å². The lowest BCUT2D eigenvalue weighted by Crippen LogP contribution is -2.02. The molecule has 0 radical (unpaired) electrons. The maximum absolute atomic E-state index is 2.44. The molecule has 6 aromatic rings. The Labute approximate surface area is 175 Å². The number of aryl methyl sites for hydroxylation is 2. The minimum absolute atomic E-state index is 1.23. The van der Waals surface area contributed by atoms with Gasteiger partial charge in [0.05, 0.1) is 0 Å². The number of hydrogen-bond donors (Lipinski definition) is 0. The van der Waals surface area contributed by atoms with Crippen LogP contribution < -0.4 is 0 Å². The van der Waals surface area contributed by atoms with E-state index in [2.05, 4.69) is 84.9 Å². The van der Waals surface area contributed by atoms with E-state index in [0.29, 0.717) is 0 Å². The second kappa shape index (κ2) is 6.06. The van der Waals surface area contributed by atoms with Crippen molar-refractivity contribution < 1.29 is 0 Å². The van der Waals surface area contributed by atoms with Crippen LogP contribution in [-0.4, -0.2) is 0 Å². The van der Waals surface area contributed by atoms with E-state index in [0.717, 1.165) is 0 Å². The van der Waals surface area contributed by atoms with Gasteiger partial charge in [-0.3, -0.25) is 0 Å². The van der Waals surface area contributed by atoms with Crippen molar-refractivity contribution in [1.29, 1.82) is 0 Å². The van der Waals surface area contributed by atoms with Crippen molar-refractivity contribution in [3.63, 3.8) is 0 Å². The highest BCUT2D eigenvalue weighted by Crippen LogP contribution is 2.35. The fraction of sp³-hybridized carbons (Fsp3) is 0.133. The third kappa shape index (κ3) is 2.40. The molecule has 6 aromatic carbocycles. The zero-order chi connectivity index (χ0) is 19.7. The Morgan fingerprint density at radius 2 is 0.900 bits per heavy atom. The van der Waals surface area contributed by atoms with Crippen LogP contribution in [0.4, 0.5) is 0 Å². The maximum atomic E-state index is 2.44. The zero-order valence-electron chi connectivity index (χ0n) is 16.9. The average Bonchev–Trinajstić information content (AvgIpc) is 2.78. The van der Waals surface area contributed by atoms with Crippen molar-refractivity contribution in [1.82, 2.24) is 0 Å². The number of hydrogen-bond acceptors (Lipinski definition) is 0. The molecule has 0 heterocycles. The molecule has 142 valence electrons. The molecule has 0 fully saturated rings. The smallest absolute Gasteiger partial charge is 0.0143 e. The van der Waals surface area contributed by atoms with Gasteiger partial charge in [0.25, 0.3) is 0 Å². The second-order valence-electron chi connectivity index (χ2n) is 8.93. The van der Waals surface area contributed by atoms with Crippen molar-refractivity contribution in [3.05, 3.63) is 96.1 Å². The molecule has 0 amide bonds. The van der Waals surface area contributed by atoms with E-state index in [4.69, 9.17) is 0 Å². The first-order valence-corrected chi connectivity index (χ1v) is 11.1. The van der Waals surface area contributed by atoms with Crippen LogP contribution in [-0.2, 0) is 12.8 Å². The van der Waals surface area contributed by atoms with E-state index in [1.165, 1.54) is 79.5 Å². The van der Waals surface area contributed by atoms with Crippen LogP contribution in [0.25, 0.3) is 53.9 Å². The van der Waals surface area contributed by atoms with Crippen molar-refractivity contribution in [2.45, 2.75) is 25.7 Å². The number of benzene rings is 6. The summed E-state index contributed by atoms with van der Waals surface area (Å²) < 4.78 is 0. The Kier molecular flexibility index (Phi) is 3.32. The largest absolute Gasteiger partial charge is 0.0616 e. The third-order valence-electron chi connectivity index (χ3n) is 7.08. The Morgan fingerprint density at radius 1 is 0.400 bits per heavy atom. The molecule has 0 heteroatoms. The van der Waals surface area contributed by atoms with Gasteiger partial charge in [0.1, 0.15) is 0 Å². The van der Waals surface area contributed by atoms with Gasteiger partial charge in [-0.25, -0.2) is 0 Å². The minimum Gasteiger partial charge on any atom is -0.0616 e. The summed E-state index contributed by atoms with van der Waals surface area (Å²) in [4.78, 5) is 0. The van der Waals surface area contributed by atoms with Gasteiger partial charge in [-0.2, -0.15) is 0 Å². The van der Waals surface area contributed by atoms with Crippen LogP contribution in [0.2, 0.25) is 0 Å².